The van der Waals surface area contributed by atoms with Crippen LogP contribution in [0.1, 0.15) is 5.69 Å². The molecule has 0 fully saturated rings. The van der Waals surface area contributed by atoms with E-state index in [0.717, 1.165) is 21.7 Å². The van der Waals surface area contributed by atoms with Gasteiger partial charge in [-0.15, -0.1) is 0 Å². The average molecular weight is 356 g/mol. The van der Waals surface area contributed by atoms with Crippen molar-refractivity contribution in [3.63, 3.8) is 0 Å². The largest absolute Gasteiger partial charge is 0.349 e. The van der Waals surface area contributed by atoms with Crippen molar-refractivity contribution in [2.24, 2.45) is 0 Å². The monoisotopic (exact) mass is 355 g/mol. The van der Waals surface area contributed by atoms with Gasteiger partial charge in [-0.1, -0.05) is 18.2 Å². The Morgan fingerprint density at radius 3 is 2.59 bits per heavy atom. The van der Waals surface area contributed by atoms with Crippen molar-refractivity contribution in [1.82, 2.24) is 15.0 Å². The molecule has 110 valence electrons. The lowest BCUT2D eigenvalue weighted by atomic mass is 10.3. The van der Waals surface area contributed by atoms with E-state index in [0.29, 0.717) is 12.5 Å². The van der Waals surface area contributed by atoms with Crippen molar-refractivity contribution < 1.29 is 0 Å². The maximum Gasteiger partial charge on any atom is 0.224 e. The Kier molecular flexibility index (Phi) is 4.60. The van der Waals surface area contributed by atoms with Crippen molar-refractivity contribution in [2.75, 3.05) is 10.6 Å². The van der Waals surface area contributed by atoms with Gasteiger partial charge in [-0.25, -0.2) is 4.98 Å². The van der Waals surface area contributed by atoms with E-state index in [9.17, 15) is 0 Å². The first-order chi connectivity index (χ1) is 10.8. The number of halogens is 1. The van der Waals surface area contributed by atoms with Gasteiger partial charge < -0.3 is 10.6 Å². The zero-order valence-electron chi connectivity index (χ0n) is 11.7. The van der Waals surface area contributed by atoms with Crippen LogP contribution in [0.5, 0.6) is 0 Å². The summed E-state index contributed by atoms with van der Waals surface area (Å²) in [7, 11) is 0. The minimum Gasteiger partial charge on any atom is -0.349 e. The molecule has 0 unspecified atom stereocenters. The molecule has 2 N–H and O–H groups in total. The van der Waals surface area contributed by atoms with Crippen molar-refractivity contribution in [3.05, 3.63) is 71.1 Å². The number of benzene rings is 1. The fraction of sp³-hybridized carbons (Fsp3) is 0.0625. The molecule has 3 aromatic rings. The van der Waals surface area contributed by atoms with Crippen LogP contribution in [0.2, 0.25) is 0 Å². The van der Waals surface area contributed by atoms with Crippen LogP contribution in [0.25, 0.3) is 0 Å². The Morgan fingerprint density at radius 1 is 0.909 bits per heavy atom. The Balaban J connectivity index is 1.69. The number of nitrogens with one attached hydrogen (secondary N) is 2. The van der Waals surface area contributed by atoms with Crippen LogP contribution in [0, 0.1) is 0 Å². The third-order valence-electron chi connectivity index (χ3n) is 2.95. The molecule has 5 nitrogen and oxygen atoms in total. The second kappa shape index (κ2) is 7.00. The maximum atomic E-state index is 4.44. The predicted molar refractivity (Wildman–Crippen MR) is 91.0 cm³/mol. The lowest BCUT2D eigenvalue weighted by Crippen LogP contribution is -2.06. The van der Waals surface area contributed by atoms with Gasteiger partial charge in [0, 0.05) is 16.9 Å². The molecule has 6 heteroatoms. The van der Waals surface area contributed by atoms with Crippen molar-refractivity contribution in [1.29, 1.82) is 0 Å². The molecule has 22 heavy (non-hydrogen) atoms. The van der Waals surface area contributed by atoms with Crippen LogP contribution in [-0.2, 0) is 6.54 Å². The third-order valence-corrected chi connectivity index (χ3v) is 3.64. The van der Waals surface area contributed by atoms with E-state index in [-0.39, 0.29) is 0 Å². The van der Waals surface area contributed by atoms with Gasteiger partial charge in [-0.3, -0.25) is 4.98 Å². The smallest absolute Gasteiger partial charge is 0.224 e. The molecular formula is C16H14BrN5. The van der Waals surface area contributed by atoms with Gasteiger partial charge in [0.05, 0.1) is 17.9 Å². The van der Waals surface area contributed by atoms with Gasteiger partial charge in [-0.05, 0) is 46.3 Å². The molecule has 0 saturated carbocycles. The molecule has 3 rings (SSSR count). The van der Waals surface area contributed by atoms with Crippen LogP contribution in [0.4, 0.5) is 17.5 Å². The SMILES string of the molecule is Brc1ccccc1Nc1ccnc(NCc2ccccn2)n1. The number of pyridine rings is 1. The van der Waals surface area contributed by atoms with E-state index >= 15 is 0 Å². The highest BCUT2D eigenvalue weighted by Gasteiger charge is 2.02. The van der Waals surface area contributed by atoms with Crippen LogP contribution in [0.3, 0.4) is 0 Å². The average Bonchev–Trinajstić information content (AvgIpc) is 2.57. The summed E-state index contributed by atoms with van der Waals surface area (Å²) < 4.78 is 0.983. The van der Waals surface area contributed by atoms with Crippen LogP contribution < -0.4 is 10.6 Å². The molecule has 0 bridgehead atoms. The predicted octanol–water partition coefficient (Wildman–Crippen LogP) is 3.99. The van der Waals surface area contributed by atoms with E-state index in [1.807, 2.05) is 48.5 Å². The van der Waals surface area contributed by atoms with Gasteiger partial charge in [0.25, 0.3) is 0 Å². The summed E-state index contributed by atoms with van der Waals surface area (Å²) in [5.41, 5.74) is 1.90. The summed E-state index contributed by atoms with van der Waals surface area (Å²) in [4.78, 5) is 12.9. The normalized spacial score (nSPS) is 10.2. The highest BCUT2D eigenvalue weighted by molar-refractivity contribution is 9.10. The first-order valence-electron chi connectivity index (χ1n) is 6.79. The summed E-state index contributed by atoms with van der Waals surface area (Å²) in [5, 5.41) is 6.42. The van der Waals surface area contributed by atoms with Gasteiger partial charge in [0.15, 0.2) is 0 Å². The zero-order valence-corrected chi connectivity index (χ0v) is 13.3. The summed E-state index contributed by atoms with van der Waals surface area (Å²) in [6.45, 7) is 0.583. The van der Waals surface area contributed by atoms with Gasteiger partial charge >= 0.3 is 0 Å². The Bertz CT molecular complexity index is 748. The van der Waals surface area contributed by atoms with Crippen LogP contribution >= 0.6 is 15.9 Å². The van der Waals surface area contributed by atoms with E-state index in [1.54, 1.807) is 12.4 Å². The first-order valence-corrected chi connectivity index (χ1v) is 7.59. The molecule has 0 aliphatic rings. The maximum absolute atomic E-state index is 4.44. The second-order valence-corrected chi connectivity index (χ2v) is 5.40. The molecule has 0 aliphatic carbocycles. The molecule has 1 aromatic carbocycles. The van der Waals surface area contributed by atoms with Crippen molar-refractivity contribution in [3.8, 4) is 0 Å². The van der Waals surface area contributed by atoms with E-state index in [1.165, 1.54) is 0 Å². The molecule has 0 spiro atoms. The minimum atomic E-state index is 0.558. The van der Waals surface area contributed by atoms with Gasteiger partial charge in [0.2, 0.25) is 5.95 Å². The molecule has 2 aromatic heterocycles. The number of aromatic nitrogens is 3. The fourth-order valence-corrected chi connectivity index (χ4v) is 2.27. The summed E-state index contributed by atoms with van der Waals surface area (Å²) in [6, 6.07) is 15.5. The van der Waals surface area contributed by atoms with Crippen LogP contribution in [0.15, 0.2) is 65.4 Å². The zero-order chi connectivity index (χ0) is 15.2. The topological polar surface area (TPSA) is 62.7 Å². The Hall–Kier alpha value is -2.47. The Morgan fingerprint density at radius 2 is 1.77 bits per heavy atom. The van der Waals surface area contributed by atoms with Crippen molar-refractivity contribution in [2.45, 2.75) is 6.54 Å². The van der Waals surface area contributed by atoms with Crippen molar-refractivity contribution >= 4 is 33.4 Å². The van der Waals surface area contributed by atoms with E-state index < -0.39 is 0 Å². The van der Waals surface area contributed by atoms with E-state index in [2.05, 4.69) is 41.5 Å². The number of rotatable bonds is 5. The fourth-order valence-electron chi connectivity index (χ4n) is 1.89. The second-order valence-electron chi connectivity index (χ2n) is 4.54. The number of para-hydroxylation sites is 1. The molecule has 0 saturated heterocycles. The summed E-state index contributed by atoms with van der Waals surface area (Å²) in [5.74, 6) is 1.29. The number of anilines is 3. The molecule has 0 aliphatic heterocycles. The van der Waals surface area contributed by atoms with Crippen LogP contribution in [-0.4, -0.2) is 15.0 Å². The quantitative estimate of drug-likeness (QED) is 0.724. The molecular weight excluding hydrogens is 342 g/mol. The summed E-state index contributed by atoms with van der Waals surface area (Å²) in [6.07, 6.45) is 3.48. The van der Waals surface area contributed by atoms with Gasteiger partial charge in [0.1, 0.15) is 5.82 Å². The summed E-state index contributed by atoms with van der Waals surface area (Å²) >= 11 is 3.50. The molecule has 0 amide bonds. The Labute approximate surface area is 137 Å². The standard InChI is InChI=1S/C16H14BrN5/c17-13-6-1-2-7-14(13)21-15-8-10-19-16(22-15)20-11-12-5-3-4-9-18-12/h1-10H,11H2,(H2,19,20,21,22). The number of hydrogen-bond donors (Lipinski definition) is 2. The number of nitrogens with zero attached hydrogens (tertiary/aromatic N) is 3. The highest BCUT2D eigenvalue weighted by atomic mass is 79.9. The first kappa shape index (κ1) is 14.5. The van der Waals surface area contributed by atoms with Gasteiger partial charge in [-0.2, -0.15) is 4.98 Å². The highest BCUT2D eigenvalue weighted by Crippen LogP contribution is 2.24. The third kappa shape index (κ3) is 3.79. The number of hydrogen-bond acceptors (Lipinski definition) is 5. The molecule has 0 atom stereocenters. The lowest BCUT2D eigenvalue weighted by molar-refractivity contribution is 1.00. The molecule has 0 radical (unpaired) electrons. The molecule has 2 heterocycles. The lowest BCUT2D eigenvalue weighted by Gasteiger charge is -2.09. The van der Waals surface area contributed by atoms with E-state index in [4.69, 9.17) is 0 Å². The minimum absolute atomic E-state index is 0.558.